The largest absolute Gasteiger partial charge is 0.444 e. The Morgan fingerprint density at radius 1 is 1.40 bits per heavy atom. The van der Waals surface area contributed by atoms with Gasteiger partial charge in [-0.15, -0.1) is 0 Å². The Balaban J connectivity index is 2.52. The van der Waals surface area contributed by atoms with Crippen LogP contribution in [0.3, 0.4) is 0 Å². The van der Waals surface area contributed by atoms with Crippen LogP contribution in [0.4, 0.5) is 4.79 Å². The molecule has 1 saturated heterocycles. The number of sulfonamides is 1. The van der Waals surface area contributed by atoms with Gasteiger partial charge in [0, 0.05) is 19.6 Å². The SMILES string of the molecule is CCCCNS(=O)(=O)[C@H]1CCN(C(=O)OC(C)(C)C)C1. The molecule has 7 heteroatoms. The molecule has 1 aliphatic rings. The Bertz CT molecular complexity index is 428. The zero-order valence-corrected chi connectivity index (χ0v) is 13.6. The molecule has 1 heterocycles. The molecule has 0 bridgehead atoms. The van der Waals surface area contributed by atoms with Crippen molar-refractivity contribution in [1.82, 2.24) is 9.62 Å². The van der Waals surface area contributed by atoms with Crippen LogP contribution in [-0.4, -0.2) is 49.9 Å². The molecule has 1 N–H and O–H groups in total. The van der Waals surface area contributed by atoms with Crippen molar-refractivity contribution < 1.29 is 17.9 Å². The van der Waals surface area contributed by atoms with Gasteiger partial charge in [-0.1, -0.05) is 13.3 Å². The molecular formula is C13H26N2O4S. The Labute approximate surface area is 121 Å². The van der Waals surface area contributed by atoms with E-state index in [1.165, 1.54) is 4.90 Å². The summed E-state index contributed by atoms with van der Waals surface area (Å²) >= 11 is 0. The maximum atomic E-state index is 12.1. The molecule has 0 unspecified atom stereocenters. The summed E-state index contributed by atoms with van der Waals surface area (Å²) in [5.41, 5.74) is -0.562. The van der Waals surface area contributed by atoms with Gasteiger partial charge in [-0.2, -0.15) is 0 Å². The van der Waals surface area contributed by atoms with Crippen molar-refractivity contribution in [2.45, 2.75) is 57.8 Å². The van der Waals surface area contributed by atoms with Crippen LogP contribution in [-0.2, 0) is 14.8 Å². The van der Waals surface area contributed by atoms with Crippen LogP contribution < -0.4 is 4.72 Å². The minimum Gasteiger partial charge on any atom is -0.444 e. The van der Waals surface area contributed by atoms with E-state index >= 15 is 0 Å². The molecule has 0 aliphatic carbocycles. The highest BCUT2D eigenvalue weighted by Crippen LogP contribution is 2.19. The molecule has 20 heavy (non-hydrogen) atoms. The summed E-state index contributed by atoms with van der Waals surface area (Å²) in [6.45, 7) is 8.48. The quantitative estimate of drug-likeness (QED) is 0.785. The summed E-state index contributed by atoms with van der Waals surface area (Å²) in [5.74, 6) is 0. The molecule has 0 aromatic carbocycles. The van der Waals surface area contributed by atoms with Crippen LogP contribution in [0.5, 0.6) is 0 Å². The van der Waals surface area contributed by atoms with E-state index in [0.717, 1.165) is 12.8 Å². The molecule has 0 aromatic heterocycles. The molecule has 1 amide bonds. The first-order valence-electron chi connectivity index (χ1n) is 7.12. The Morgan fingerprint density at radius 3 is 2.60 bits per heavy atom. The highest BCUT2D eigenvalue weighted by Gasteiger charge is 2.36. The number of unbranched alkanes of at least 4 members (excludes halogenated alkanes) is 1. The van der Waals surface area contributed by atoms with E-state index in [9.17, 15) is 13.2 Å². The molecule has 0 aromatic rings. The van der Waals surface area contributed by atoms with E-state index in [2.05, 4.69) is 4.72 Å². The third kappa shape index (κ3) is 5.28. The zero-order valence-electron chi connectivity index (χ0n) is 12.8. The van der Waals surface area contributed by atoms with Crippen molar-refractivity contribution >= 4 is 16.1 Å². The van der Waals surface area contributed by atoms with Crippen molar-refractivity contribution in [2.75, 3.05) is 19.6 Å². The standard InChI is InChI=1S/C13H26N2O4S/c1-5-6-8-14-20(17,18)11-7-9-15(10-11)12(16)19-13(2,3)4/h11,14H,5-10H2,1-4H3/t11-/m0/s1. The zero-order chi connectivity index (χ0) is 15.4. The van der Waals surface area contributed by atoms with Crippen LogP contribution in [0.25, 0.3) is 0 Å². The number of carbonyl (C=O) groups excluding carboxylic acids is 1. The summed E-state index contributed by atoms with van der Waals surface area (Å²) in [6.07, 6.45) is 1.78. The van der Waals surface area contributed by atoms with Crippen LogP contribution in [0, 0.1) is 0 Å². The number of hydrogen-bond acceptors (Lipinski definition) is 4. The first kappa shape index (κ1) is 17.2. The van der Waals surface area contributed by atoms with E-state index < -0.39 is 27.0 Å². The van der Waals surface area contributed by atoms with Gasteiger partial charge in [0.2, 0.25) is 10.0 Å². The van der Waals surface area contributed by atoms with Crippen molar-refractivity contribution in [1.29, 1.82) is 0 Å². The minimum atomic E-state index is -3.34. The molecule has 1 aliphatic heterocycles. The first-order valence-corrected chi connectivity index (χ1v) is 8.67. The summed E-state index contributed by atoms with van der Waals surface area (Å²) in [7, 11) is -3.34. The molecule has 0 radical (unpaired) electrons. The average Bonchev–Trinajstić information content (AvgIpc) is 2.76. The molecule has 118 valence electrons. The third-order valence-electron chi connectivity index (χ3n) is 3.07. The lowest BCUT2D eigenvalue weighted by Gasteiger charge is -2.24. The Hall–Kier alpha value is -0.820. The topological polar surface area (TPSA) is 75.7 Å². The highest BCUT2D eigenvalue weighted by atomic mass is 32.2. The number of amides is 1. The van der Waals surface area contributed by atoms with E-state index in [4.69, 9.17) is 4.74 Å². The minimum absolute atomic E-state index is 0.205. The second-order valence-electron chi connectivity index (χ2n) is 6.13. The maximum Gasteiger partial charge on any atom is 0.410 e. The van der Waals surface area contributed by atoms with Gasteiger partial charge < -0.3 is 9.64 Å². The van der Waals surface area contributed by atoms with Gasteiger partial charge in [0.1, 0.15) is 5.60 Å². The number of rotatable bonds is 5. The van der Waals surface area contributed by atoms with Crippen molar-refractivity contribution in [2.24, 2.45) is 0 Å². The first-order chi connectivity index (χ1) is 9.15. The third-order valence-corrected chi connectivity index (χ3v) is 4.94. The van der Waals surface area contributed by atoms with Gasteiger partial charge in [0.25, 0.3) is 0 Å². The molecule has 1 atom stereocenters. The molecule has 0 saturated carbocycles. The Kier molecular flexibility index (Phi) is 5.82. The lowest BCUT2D eigenvalue weighted by Crippen LogP contribution is -2.39. The predicted molar refractivity (Wildman–Crippen MR) is 78.0 cm³/mol. The summed E-state index contributed by atoms with van der Waals surface area (Å²) in [4.78, 5) is 13.3. The van der Waals surface area contributed by atoms with Crippen molar-refractivity contribution in [3.8, 4) is 0 Å². The molecule has 1 fully saturated rings. The number of nitrogens with one attached hydrogen (secondary N) is 1. The van der Waals surface area contributed by atoms with Gasteiger partial charge in [0.05, 0.1) is 5.25 Å². The highest BCUT2D eigenvalue weighted by molar-refractivity contribution is 7.90. The lowest BCUT2D eigenvalue weighted by molar-refractivity contribution is 0.0295. The van der Waals surface area contributed by atoms with E-state index in [1.807, 2.05) is 6.92 Å². The van der Waals surface area contributed by atoms with Crippen molar-refractivity contribution in [3.63, 3.8) is 0 Å². The second-order valence-corrected chi connectivity index (χ2v) is 8.18. The van der Waals surface area contributed by atoms with Gasteiger partial charge >= 0.3 is 6.09 Å². The fraction of sp³-hybridized carbons (Fsp3) is 0.923. The number of hydrogen-bond donors (Lipinski definition) is 1. The van der Waals surface area contributed by atoms with Crippen LogP contribution >= 0.6 is 0 Å². The summed E-state index contributed by atoms with van der Waals surface area (Å²) < 4.78 is 32.0. The van der Waals surface area contributed by atoms with E-state index in [1.54, 1.807) is 20.8 Å². The fourth-order valence-electron chi connectivity index (χ4n) is 1.98. The van der Waals surface area contributed by atoms with E-state index in [-0.39, 0.29) is 6.54 Å². The van der Waals surface area contributed by atoms with Crippen molar-refractivity contribution in [3.05, 3.63) is 0 Å². The monoisotopic (exact) mass is 306 g/mol. The molecule has 6 nitrogen and oxygen atoms in total. The number of likely N-dealkylation sites (tertiary alicyclic amines) is 1. The van der Waals surface area contributed by atoms with Gasteiger partial charge in [-0.25, -0.2) is 17.9 Å². The molecule has 1 rings (SSSR count). The normalized spacial score (nSPS) is 20.2. The fourth-order valence-corrected chi connectivity index (χ4v) is 3.44. The number of ether oxygens (including phenoxy) is 1. The van der Waals surface area contributed by atoms with Gasteiger partial charge in [-0.3, -0.25) is 0 Å². The van der Waals surface area contributed by atoms with Gasteiger partial charge in [0.15, 0.2) is 0 Å². The summed E-state index contributed by atoms with van der Waals surface area (Å²) in [6, 6.07) is 0. The average molecular weight is 306 g/mol. The Morgan fingerprint density at radius 2 is 2.05 bits per heavy atom. The maximum absolute atomic E-state index is 12.1. The van der Waals surface area contributed by atoms with Crippen LogP contribution in [0.15, 0.2) is 0 Å². The predicted octanol–water partition coefficient (Wildman–Crippen LogP) is 1.72. The lowest BCUT2D eigenvalue weighted by atomic mass is 10.2. The molecule has 0 spiro atoms. The smallest absolute Gasteiger partial charge is 0.410 e. The van der Waals surface area contributed by atoms with E-state index in [0.29, 0.717) is 19.5 Å². The molecular weight excluding hydrogens is 280 g/mol. The van der Waals surface area contributed by atoms with Crippen LogP contribution in [0.2, 0.25) is 0 Å². The second kappa shape index (κ2) is 6.76. The number of carbonyl (C=O) groups is 1. The number of nitrogens with zero attached hydrogens (tertiary/aromatic N) is 1. The van der Waals surface area contributed by atoms with Gasteiger partial charge in [-0.05, 0) is 33.6 Å². The van der Waals surface area contributed by atoms with Crippen LogP contribution in [0.1, 0.15) is 47.0 Å². The summed E-state index contributed by atoms with van der Waals surface area (Å²) in [5, 5.41) is -0.535.